The molecule has 0 aliphatic heterocycles. The number of allylic oxidation sites excluding steroid dienone is 2. The highest BCUT2D eigenvalue weighted by molar-refractivity contribution is 7.07. The molecule has 1 N–H and O–H groups in total. The largest absolute Gasteiger partial charge is 0.392 e. The van der Waals surface area contributed by atoms with Crippen LogP contribution in [-0.4, -0.2) is 9.48 Å². The molecule has 15 heavy (non-hydrogen) atoms. The topological polar surface area (TPSA) is 33.1 Å². The van der Waals surface area contributed by atoms with E-state index in [0.717, 1.165) is 29.2 Å². The van der Waals surface area contributed by atoms with Crippen LogP contribution >= 0.6 is 23.1 Å². The number of aliphatic hydroxyl groups excluding tert-OH is 1. The molecule has 0 aromatic carbocycles. The van der Waals surface area contributed by atoms with Gasteiger partial charge >= 0.3 is 0 Å². The molecule has 0 saturated carbocycles. The highest BCUT2D eigenvalue weighted by Crippen LogP contribution is 2.36. The zero-order valence-electron chi connectivity index (χ0n) is 8.66. The first-order chi connectivity index (χ1) is 7.22. The van der Waals surface area contributed by atoms with Crippen molar-refractivity contribution in [2.24, 2.45) is 5.92 Å². The van der Waals surface area contributed by atoms with Crippen LogP contribution < -0.4 is 0 Å². The highest BCUT2D eigenvalue weighted by Gasteiger charge is 2.18. The lowest BCUT2D eigenvalue weighted by Crippen LogP contribution is -2.01. The van der Waals surface area contributed by atoms with Crippen molar-refractivity contribution in [2.75, 3.05) is 0 Å². The number of hydrogen-bond acceptors (Lipinski definition) is 3. The van der Waals surface area contributed by atoms with Crippen molar-refractivity contribution in [1.82, 2.24) is 4.37 Å². The summed E-state index contributed by atoms with van der Waals surface area (Å²) in [5, 5.41) is 9.68. The molecule has 0 saturated heterocycles. The summed E-state index contributed by atoms with van der Waals surface area (Å²) in [5.41, 5.74) is 2.10. The molecule has 0 amide bonds. The van der Waals surface area contributed by atoms with Gasteiger partial charge in [0, 0.05) is 5.56 Å². The Bertz CT molecular complexity index is 386. The fraction of sp³-hybridized carbons (Fsp3) is 0.545. The zero-order chi connectivity index (χ0) is 10.8. The van der Waals surface area contributed by atoms with Crippen LogP contribution in [0.4, 0.5) is 0 Å². The number of halogens is 1. The van der Waals surface area contributed by atoms with Crippen LogP contribution in [0, 0.1) is 5.92 Å². The standard InChI is InChI=1S/C11H14ClNOS/c1-7-2-4-8(5-3-7)10-9(6-14)11(12)13-15-10/h4,7,14H,2-3,5-6H2,1H3. The summed E-state index contributed by atoms with van der Waals surface area (Å²) in [6.07, 6.45) is 5.67. The summed E-state index contributed by atoms with van der Waals surface area (Å²) in [7, 11) is 0. The van der Waals surface area contributed by atoms with E-state index in [1.165, 1.54) is 23.5 Å². The number of nitrogens with zero attached hydrogens (tertiary/aromatic N) is 1. The van der Waals surface area contributed by atoms with E-state index < -0.39 is 0 Å². The van der Waals surface area contributed by atoms with E-state index in [2.05, 4.69) is 17.4 Å². The molecule has 1 aliphatic carbocycles. The fourth-order valence-electron chi connectivity index (χ4n) is 1.85. The zero-order valence-corrected chi connectivity index (χ0v) is 10.2. The maximum Gasteiger partial charge on any atom is 0.148 e. The Morgan fingerprint density at radius 1 is 1.67 bits per heavy atom. The molecular formula is C11H14ClNOS. The van der Waals surface area contributed by atoms with Gasteiger partial charge in [-0.3, -0.25) is 0 Å². The second-order valence-corrected chi connectivity index (χ2v) is 5.18. The van der Waals surface area contributed by atoms with Gasteiger partial charge in [-0.1, -0.05) is 24.6 Å². The minimum absolute atomic E-state index is 0.0163. The summed E-state index contributed by atoms with van der Waals surface area (Å²) >= 11 is 7.30. The summed E-state index contributed by atoms with van der Waals surface area (Å²) in [5.74, 6) is 0.773. The third-order valence-electron chi connectivity index (χ3n) is 2.86. The van der Waals surface area contributed by atoms with Gasteiger partial charge in [-0.25, -0.2) is 0 Å². The molecule has 0 spiro atoms. The summed E-state index contributed by atoms with van der Waals surface area (Å²) in [4.78, 5) is 1.08. The quantitative estimate of drug-likeness (QED) is 0.863. The Hall–Kier alpha value is -0.380. The van der Waals surface area contributed by atoms with Crippen molar-refractivity contribution in [3.63, 3.8) is 0 Å². The van der Waals surface area contributed by atoms with E-state index >= 15 is 0 Å². The molecule has 4 heteroatoms. The predicted molar refractivity (Wildman–Crippen MR) is 64.0 cm³/mol. The molecule has 2 nitrogen and oxygen atoms in total. The first kappa shape index (κ1) is 11.1. The molecule has 1 unspecified atom stereocenters. The molecule has 0 fully saturated rings. The van der Waals surface area contributed by atoms with Gasteiger partial charge in [-0.2, -0.15) is 4.37 Å². The Morgan fingerprint density at radius 3 is 3.07 bits per heavy atom. The van der Waals surface area contributed by atoms with Crippen LogP contribution in [0.15, 0.2) is 6.08 Å². The molecule has 0 bridgehead atoms. The van der Waals surface area contributed by atoms with Crippen molar-refractivity contribution in [3.05, 3.63) is 21.7 Å². The third kappa shape index (κ3) is 2.25. The predicted octanol–water partition coefficient (Wildman–Crippen LogP) is 3.49. The van der Waals surface area contributed by atoms with Crippen LogP contribution in [-0.2, 0) is 6.61 Å². The maximum absolute atomic E-state index is 9.23. The smallest absolute Gasteiger partial charge is 0.148 e. The first-order valence-electron chi connectivity index (χ1n) is 5.16. The van der Waals surface area contributed by atoms with Gasteiger partial charge in [0.25, 0.3) is 0 Å². The summed E-state index contributed by atoms with van der Waals surface area (Å²) in [6, 6.07) is 0. The number of hydrogen-bond donors (Lipinski definition) is 1. The molecule has 1 aliphatic rings. The minimum Gasteiger partial charge on any atom is -0.392 e. The van der Waals surface area contributed by atoms with E-state index in [9.17, 15) is 5.11 Å². The fourth-order valence-corrected chi connectivity index (χ4v) is 3.02. The van der Waals surface area contributed by atoms with Gasteiger partial charge in [0.2, 0.25) is 0 Å². The Labute approximate surface area is 98.8 Å². The molecule has 0 radical (unpaired) electrons. The van der Waals surface area contributed by atoms with E-state index in [1.807, 2.05) is 0 Å². The molecule has 82 valence electrons. The maximum atomic E-state index is 9.23. The van der Waals surface area contributed by atoms with E-state index in [0.29, 0.717) is 5.15 Å². The number of aromatic nitrogens is 1. The van der Waals surface area contributed by atoms with Crippen molar-refractivity contribution in [1.29, 1.82) is 0 Å². The normalized spacial score (nSPS) is 21.5. The van der Waals surface area contributed by atoms with Gasteiger partial charge in [0.05, 0.1) is 11.5 Å². The molecule has 1 atom stereocenters. The van der Waals surface area contributed by atoms with E-state index in [1.54, 1.807) is 0 Å². The van der Waals surface area contributed by atoms with Crippen LogP contribution in [0.1, 0.15) is 36.6 Å². The SMILES string of the molecule is CC1CC=C(c2snc(Cl)c2CO)CC1. The van der Waals surface area contributed by atoms with Gasteiger partial charge in [-0.15, -0.1) is 0 Å². The van der Waals surface area contributed by atoms with Gasteiger partial charge < -0.3 is 5.11 Å². The monoisotopic (exact) mass is 243 g/mol. The van der Waals surface area contributed by atoms with Gasteiger partial charge in [0.15, 0.2) is 0 Å². The number of aliphatic hydroxyl groups is 1. The summed E-state index contributed by atoms with van der Waals surface area (Å²) in [6.45, 7) is 2.25. The third-order valence-corrected chi connectivity index (χ3v) is 4.24. The molecule has 2 rings (SSSR count). The number of rotatable bonds is 2. The van der Waals surface area contributed by atoms with Crippen molar-refractivity contribution >= 4 is 28.7 Å². The van der Waals surface area contributed by atoms with Crippen molar-refractivity contribution in [3.8, 4) is 0 Å². The lowest BCUT2D eigenvalue weighted by Gasteiger charge is -2.17. The van der Waals surface area contributed by atoms with Crippen LogP contribution in [0.3, 0.4) is 0 Å². The molecular weight excluding hydrogens is 230 g/mol. The lowest BCUT2D eigenvalue weighted by molar-refractivity contribution is 0.282. The molecule has 1 heterocycles. The molecule has 1 aromatic heterocycles. The average molecular weight is 244 g/mol. The molecule has 1 aromatic rings. The second-order valence-electron chi connectivity index (χ2n) is 4.05. The summed E-state index contributed by atoms with van der Waals surface area (Å²) < 4.78 is 4.09. The van der Waals surface area contributed by atoms with E-state index in [-0.39, 0.29) is 6.61 Å². The van der Waals surface area contributed by atoms with Gasteiger partial charge in [-0.05, 0) is 42.3 Å². The Morgan fingerprint density at radius 2 is 2.47 bits per heavy atom. The van der Waals surface area contributed by atoms with Crippen LogP contribution in [0.25, 0.3) is 5.57 Å². The first-order valence-corrected chi connectivity index (χ1v) is 6.31. The minimum atomic E-state index is -0.0163. The highest BCUT2D eigenvalue weighted by atomic mass is 35.5. The van der Waals surface area contributed by atoms with Crippen LogP contribution in [0.2, 0.25) is 5.15 Å². The average Bonchev–Trinajstić information content (AvgIpc) is 2.61. The second kappa shape index (κ2) is 4.64. The van der Waals surface area contributed by atoms with E-state index in [4.69, 9.17) is 11.6 Å². The van der Waals surface area contributed by atoms with Crippen LogP contribution in [0.5, 0.6) is 0 Å². The van der Waals surface area contributed by atoms with Crippen molar-refractivity contribution in [2.45, 2.75) is 32.8 Å². The van der Waals surface area contributed by atoms with Gasteiger partial charge in [0.1, 0.15) is 5.15 Å². The lowest BCUT2D eigenvalue weighted by atomic mass is 9.90. The Kier molecular flexibility index (Phi) is 3.44. The Balaban J connectivity index is 2.29. The van der Waals surface area contributed by atoms with Crippen molar-refractivity contribution < 1.29 is 5.11 Å².